The first kappa shape index (κ1) is 16.4. The van der Waals surface area contributed by atoms with Gasteiger partial charge >= 0.3 is 12.3 Å². The Morgan fingerprint density at radius 1 is 1.00 bits per heavy atom. The molecule has 0 heterocycles. The molecule has 2 N–H and O–H groups in total. The van der Waals surface area contributed by atoms with E-state index in [1.807, 2.05) is 0 Å². The summed E-state index contributed by atoms with van der Waals surface area (Å²) in [6, 6.07) is 0.247. The molecule has 1 aromatic carbocycles. The highest BCUT2D eigenvalue weighted by molar-refractivity contribution is 5.53. The van der Waals surface area contributed by atoms with Crippen LogP contribution in [0.5, 0.6) is 17.2 Å². The summed E-state index contributed by atoms with van der Waals surface area (Å²) in [6.45, 7) is 0. The minimum Gasteiger partial charge on any atom is -0.496 e. The summed E-state index contributed by atoms with van der Waals surface area (Å²) in [7, 11) is 3.75. The van der Waals surface area contributed by atoms with Crippen LogP contribution in [0, 0.1) is 0 Å². The van der Waals surface area contributed by atoms with E-state index >= 15 is 0 Å². The highest BCUT2D eigenvalue weighted by atomic mass is 19.3. The fraction of sp³-hybridized carbons (Fsp3) is 0.500. The largest absolute Gasteiger partial charge is 0.496 e. The van der Waals surface area contributed by atoms with Crippen LogP contribution < -0.4 is 19.9 Å². The molecular weight excluding hydrogens is 282 g/mol. The molecule has 0 spiro atoms. The maximum Gasteiger partial charge on any atom is 0.326 e. The predicted octanol–water partition coefficient (Wildman–Crippen LogP) is 2.61. The lowest BCUT2D eigenvalue weighted by molar-refractivity contribution is -0.145. The van der Waals surface area contributed by atoms with Crippen molar-refractivity contribution < 1.29 is 31.8 Å². The van der Waals surface area contributed by atoms with Crippen LogP contribution >= 0.6 is 0 Å². The molecule has 1 atom stereocenters. The van der Waals surface area contributed by atoms with E-state index in [2.05, 4.69) is 0 Å². The summed E-state index contributed by atoms with van der Waals surface area (Å²) < 4.78 is 66.5. The van der Waals surface area contributed by atoms with Gasteiger partial charge in [-0.3, -0.25) is 0 Å². The first-order chi connectivity index (χ1) is 9.29. The van der Waals surface area contributed by atoms with E-state index in [9.17, 15) is 17.6 Å². The van der Waals surface area contributed by atoms with Crippen molar-refractivity contribution in [3.63, 3.8) is 0 Å². The monoisotopic (exact) mass is 297 g/mol. The minimum absolute atomic E-state index is 0.117. The number of alkyl halides is 4. The van der Waals surface area contributed by atoms with E-state index in [4.69, 9.17) is 19.9 Å². The van der Waals surface area contributed by atoms with Crippen LogP contribution in [0.2, 0.25) is 0 Å². The average Bonchev–Trinajstić information content (AvgIpc) is 2.44. The second-order valence-corrected chi connectivity index (χ2v) is 3.90. The van der Waals surface area contributed by atoms with E-state index in [0.717, 1.165) is 0 Å². The third-order valence-corrected chi connectivity index (χ3v) is 2.77. The molecule has 1 unspecified atom stereocenters. The maximum atomic E-state index is 13.4. The molecule has 0 bridgehead atoms. The van der Waals surface area contributed by atoms with E-state index in [1.54, 1.807) is 0 Å². The smallest absolute Gasteiger partial charge is 0.326 e. The number of benzene rings is 1. The molecule has 0 saturated heterocycles. The molecule has 0 radical (unpaired) electrons. The summed E-state index contributed by atoms with van der Waals surface area (Å²) in [5, 5.41) is 0. The van der Waals surface area contributed by atoms with Gasteiger partial charge in [0, 0.05) is 12.1 Å². The van der Waals surface area contributed by atoms with Gasteiger partial charge in [-0.2, -0.15) is 8.78 Å². The summed E-state index contributed by atoms with van der Waals surface area (Å²) in [5.74, 6) is -4.40. The van der Waals surface area contributed by atoms with Crippen molar-refractivity contribution >= 4 is 0 Å². The zero-order valence-corrected chi connectivity index (χ0v) is 11.1. The van der Waals surface area contributed by atoms with Crippen molar-refractivity contribution in [2.24, 2.45) is 5.73 Å². The number of hydrogen-bond donors (Lipinski definition) is 1. The van der Waals surface area contributed by atoms with Crippen LogP contribution in [0.25, 0.3) is 0 Å². The Bertz CT molecular complexity index is 443. The SMILES string of the molecule is COc1cc(OC)c(C(N)C(F)(F)C(F)F)c(OC)c1. The Kier molecular flexibility index (Phi) is 5.04. The van der Waals surface area contributed by atoms with Gasteiger partial charge in [0.1, 0.15) is 23.3 Å². The second kappa shape index (κ2) is 6.17. The molecule has 0 aliphatic carbocycles. The summed E-state index contributed by atoms with van der Waals surface area (Å²) in [5.41, 5.74) is 4.94. The zero-order valence-electron chi connectivity index (χ0n) is 11.1. The Balaban J connectivity index is 3.42. The van der Waals surface area contributed by atoms with E-state index in [0.29, 0.717) is 0 Å². The zero-order chi connectivity index (χ0) is 15.5. The van der Waals surface area contributed by atoms with Gasteiger partial charge in [0.15, 0.2) is 0 Å². The first-order valence-electron chi connectivity index (χ1n) is 5.51. The third-order valence-electron chi connectivity index (χ3n) is 2.77. The van der Waals surface area contributed by atoms with Crippen LogP contribution in [-0.2, 0) is 0 Å². The summed E-state index contributed by atoms with van der Waals surface area (Å²) in [4.78, 5) is 0. The van der Waals surface area contributed by atoms with E-state index in [1.165, 1.54) is 33.5 Å². The lowest BCUT2D eigenvalue weighted by atomic mass is 9.99. The molecule has 8 heteroatoms. The first-order valence-corrected chi connectivity index (χ1v) is 5.51. The molecule has 0 aliphatic heterocycles. The highest BCUT2D eigenvalue weighted by Crippen LogP contribution is 2.44. The van der Waals surface area contributed by atoms with Crippen molar-refractivity contribution in [2.75, 3.05) is 21.3 Å². The molecule has 0 aromatic heterocycles. The van der Waals surface area contributed by atoms with Gasteiger partial charge < -0.3 is 19.9 Å². The van der Waals surface area contributed by atoms with Gasteiger partial charge in [0.05, 0.1) is 26.9 Å². The number of rotatable bonds is 6. The van der Waals surface area contributed by atoms with Crippen LogP contribution in [0.4, 0.5) is 17.6 Å². The number of ether oxygens (including phenoxy) is 3. The van der Waals surface area contributed by atoms with Crippen LogP contribution in [0.1, 0.15) is 11.6 Å². The van der Waals surface area contributed by atoms with Crippen molar-refractivity contribution in [1.82, 2.24) is 0 Å². The Labute approximate surface area is 113 Å². The average molecular weight is 297 g/mol. The Hall–Kier alpha value is -1.70. The van der Waals surface area contributed by atoms with Crippen molar-refractivity contribution in [2.45, 2.75) is 18.4 Å². The molecule has 0 amide bonds. The fourth-order valence-electron chi connectivity index (χ4n) is 1.67. The molecule has 1 rings (SSSR count). The molecule has 4 nitrogen and oxygen atoms in total. The maximum absolute atomic E-state index is 13.4. The molecular formula is C12H15F4NO3. The van der Waals surface area contributed by atoms with Crippen molar-refractivity contribution in [3.05, 3.63) is 17.7 Å². The Morgan fingerprint density at radius 3 is 1.75 bits per heavy atom. The summed E-state index contributed by atoms with van der Waals surface area (Å²) in [6.07, 6.45) is -3.91. The van der Waals surface area contributed by atoms with Gasteiger partial charge in [-0.25, -0.2) is 8.78 Å². The highest BCUT2D eigenvalue weighted by Gasteiger charge is 2.49. The lowest BCUT2D eigenvalue weighted by Crippen LogP contribution is -2.39. The number of methoxy groups -OCH3 is 3. The van der Waals surface area contributed by atoms with Crippen LogP contribution in [0.3, 0.4) is 0 Å². The second-order valence-electron chi connectivity index (χ2n) is 3.90. The fourth-order valence-corrected chi connectivity index (χ4v) is 1.67. The van der Waals surface area contributed by atoms with E-state index in [-0.39, 0.29) is 22.8 Å². The molecule has 0 fully saturated rings. The number of hydrogen-bond acceptors (Lipinski definition) is 4. The van der Waals surface area contributed by atoms with Crippen molar-refractivity contribution in [1.29, 1.82) is 0 Å². The number of halogens is 4. The Morgan fingerprint density at radius 2 is 1.45 bits per heavy atom. The molecule has 0 saturated carbocycles. The summed E-state index contributed by atoms with van der Waals surface area (Å²) >= 11 is 0. The molecule has 0 aliphatic rings. The third kappa shape index (κ3) is 2.90. The van der Waals surface area contributed by atoms with Gasteiger partial charge in [-0.15, -0.1) is 0 Å². The molecule has 20 heavy (non-hydrogen) atoms. The standard InChI is InChI=1S/C12H15F4NO3/c1-18-6-4-7(19-2)9(8(5-6)20-3)10(17)12(15,16)11(13)14/h4-5,10-11H,17H2,1-3H3. The van der Waals surface area contributed by atoms with Gasteiger partial charge in [-0.1, -0.05) is 0 Å². The molecule has 114 valence electrons. The van der Waals surface area contributed by atoms with E-state index < -0.39 is 18.4 Å². The minimum atomic E-state index is -4.42. The van der Waals surface area contributed by atoms with Crippen LogP contribution in [-0.4, -0.2) is 33.7 Å². The number of nitrogens with two attached hydrogens (primary N) is 1. The lowest BCUT2D eigenvalue weighted by Gasteiger charge is -2.26. The van der Waals surface area contributed by atoms with Crippen molar-refractivity contribution in [3.8, 4) is 17.2 Å². The molecule has 1 aromatic rings. The van der Waals surface area contributed by atoms with Gasteiger partial charge in [0.2, 0.25) is 0 Å². The van der Waals surface area contributed by atoms with Gasteiger partial charge in [-0.05, 0) is 0 Å². The van der Waals surface area contributed by atoms with Gasteiger partial charge in [0.25, 0.3) is 0 Å². The predicted molar refractivity (Wildman–Crippen MR) is 64.0 cm³/mol. The normalized spacial score (nSPS) is 13.2. The van der Waals surface area contributed by atoms with Crippen LogP contribution in [0.15, 0.2) is 12.1 Å². The topological polar surface area (TPSA) is 53.7 Å². The quantitative estimate of drug-likeness (QED) is 0.820.